The van der Waals surface area contributed by atoms with E-state index >= 15 is 0 Å². The van der Waals surface area contributed by atoms with Gasteiger partial charge in [-0.15, -0.1) is 0 Å². The first-order chi connectivity index (χ1) is 15.4. The van der Waals surface area contributed by atoms with E-state index in [9.17, 15) is 23.0 Å². The Morgan fingerprint density at radius 1 is 1.29 bits per heavy atom. The number of benzene rings is 2. The molecule has 0 radical (unpaired) electrons. The van der Waals surface area contributed by atoms with Gasteiger partial charge in [-0.05, 0) is 19.1 Å². The van der Waals surface area contributed by atoms with Crippen LogP contribution in [0.2, 0.25) is 0 Å². The summed E-state index contributed by atoms with van der Waals surface area (Å²) >= 11 is 0. The van der Waals surface area contributed by atoms with E-state index in [4.69, 9.17) is 14.1 Å². The fraction of sp³-hybridized carbons (Fsp3) is 0.333. The zero-order valence-corrected chi connectivity index (χ0v) is 22.2. The molecule has 0 spiro atoms. The first-order valence-corrected chi connectivity index (χ1v) is 12.0. The van der Waals surface area contributed by atoms with Crippen LogP contribution in [-0.4, -0.2) is 47.9 Å². The second-order valence-corrected chi connectivity index (χ2v) is 9.60. The molecular formula is C21H21F2N3NaO6P. The predicted octanol–water partition coefficient (Wildman–Crippen LogP) is -0.157. The zero-order chi connectivity index (χ0) is 24.1. The number of carbonyl (C=O) groups excluding carboxylic acids is 1. The van der Waals surface area contributed by atoms with E-state index in [0.717, 1.165) is 23.5 Å². The van der Waals surface area contributed by atoms with Crippen LogP contribution in [0, 0.1) is 18.6 Å². The molecule has 2 aromatic carbocycles. The van der Waals surface area contributed by atoms with E-state index in [-0.39, 0.29) is 88.0 Å². The van der Waals surface area contributed by atoms with E-state index in [0.29, 0.717) is 0 Å². The Hall–Kier alpha value is -2.17. The van der Waals surface area contributed by atoms with E-state index in [1.165, 1.54) is 24.0 Å². The fourth-order valence-electron chi connectivity index (χ4n) is 3.65. The van der Waals surface area contributed by atoms with Crippen LogP contribution in [-0.2, 0) is 4.57 Å². The number of imidazole rings is 1. The molecule has 2 atom stereocenters. The molecule has 0 aliphatic carbocycles. The number of aryl methyl sites for hydroxylation is 1. The molecule has 9 nitrogen and oxygen atoms in total. The monoisotopic (exact) mass is 503 g/mol. The maximum absolute atomic E-state index is 14.6. The summed E-state index contributed by atoms with van der Waals surface area (Å²) in [7, 11) is -1.10. The zero-order valence-electron chi connectivity index (χ0n) is 19.3. The van der Waals surface area contributed by atoms with Crippen molar-refractivity contribution < 1.29 is 66.7 Å². The van der Waals surface area contributed by atoms with Gasteiger partial charge < -0.3 is 23.9 Å². The van der Waals surface area contributed by atoms with Gasteiger partial charge in [0.05, 0.1) is 12.2 Å². The molecule has 1 aliphatic heterocycles. The summed E-state index contributed by atoms with van der Waals surface area (Å²) in [4.78, 5) is 30.2. The summed E-state index contributed by atoms with van der Waals surface area (Å²) in [6.07, 6.45) is -0.602. The van der Waals surface area contributed by atoms with Crippen LogP contribution in [0.15, 0.2) is 24.3 Å². The Labute approximate surface area is 216 Å². The van der Waals surface area contributed by atoms with Crippen LogP contribution in [0.5, 0.6) is 11.5 Å². The Kier molecular flexibility index (Phi) is 7.64. The van der Waals surface area contributed by atoms with E-state index < -0.39 is 25.3 Å². The van der Waals surface area contributed by atoms with Crippen molar-refractivity contribution in [3.63, 3.8) is 0 Å². The number of fused-ring (bicyclic) bond motifs is 2. The van der Waals surface area contributed by atoms with Gasteiger partial charge in [-0.1, -0.05) is 0 Å². The number of nitrogens with zero attached hydrogens (tertiary/aromatic N) is 3. The third-order valence-electron chi connectivity index (χ3n) is 5.01. The van der Waals surface area contributed by atoms with Crippen LogP contribution < -0.4 is 48.5 Å². The van der Waals surface area contributed by atoms with Crippen LogP contribution in [0.25, 0.3) is 11.0 Å². The summed E-state index contributed by atoms with van der Waals surface area (Å²) in [6.45, 7) is 2.59. The molecule has 13 heteroatoms. The van der Waals surface area contributed by atoms with Gasteiger partial charge in [0.25, 0.3) is 5.91 Å². The standard InChI is InChI=1S/C21H22F2N3O6P.Na/c1-11-24-20-15(26(11)32-33(4,28)29)7-12(21(27)25(2)3)8-18(20)31-16-5-6-30-17-10-13(22)9-14(23)19(16)17;/h7-10,16H,5-6H2,1-4H3,(H,28,29);/q;+1/p-1. The van der Waals surface area contributed by atoms with E-state index in [1.54, 1.807) is 14.1 Å². The molecule has 34 heavy (non-hydrogen) atoms. The van der Waals surface area contributed by atoms with E-state index in [2.05, 4.69) is 4.98 Å². The molecule has 0 saturated heterocycles. The second-order valence-electron chi connectivity index (χ2n) is 7.89. The Bertz CT molecular complexity index is 1310. The third kappa shape index (κ3) is 5.23. The Morgan fingerprint density at radius 2 is 2.00 bits per heavy atom. The van der Waals surface area contributed by atoms with Gasteiger partial charge in [0.15, 0.2) is 0 Å². The van der Waals surface area contributed by atoms with Crippen molar-refractivity contribution in [1.82, 2.24) is 14.6 Å². The topological polar surface area (TPSA) is 106 Å². The number of aromatic nitrogens is 2. The minimum atomic E-state index is -4.21. The van der Waals surface area contributed by atoms with Gasteiger partial charge in [0, 0.05) is 44.9 Å². The first-order valence-electron chi connectivity index (χ1n) is 9.96. The molecule has 0 fully saturated rings. The molecule has 4 rings (SSSR count). The molecule has 0 bridgehead atoms. The summed E-state index contributed by atoms with van der Waals surface area (Å²) in [5, 5.41) is 0. The van der Waals surface area contributed by atoms with Crippen molar-refractivity contribution in [3.8, 4) is 11.5 Å². The molecular weight excluding hydrogens is 482 g/mol. The Morgan fingerprint density at radius 3 is 2.65 bits per heavy atom. The van der Waals surface area contributed by atoms with Crippen molar-refractivity contribution in [1.29, 1.82) is 0 Å². The SMILES string of the molecule is Cc1nc2c(OC3CCOc4cc(F)cc(F)c43)cc(C(=O)N(C)C)cc2n1OP(C)(=O)[O-].[Na+]. The minimum Gasteiger partial charge on any atom is -0.767 e. The summed E-state index contributed by atoms with van der Waals surface area (Å²) in [5.74, 6) is -1.64. The van der Waals surface area contributed by atoms with Gasteiger partial charge in [-0.2, -0.15) is 4.73 Å². The van der Waals surface area contributed by atoms with Crippen molar-refractivity contribution in [2.24, 2.45) is 0 Å². The minimum absolute atomic E-state index is 0. The molecule has 1 amide bonds. The maximum atomic E-state index is 14.6. The van der Waals surface area contributed by atoms with Crippen molar-refractivity contribution in [3.05, 3.63) is 52.9 Å². The fourth-order valence-corrected chi connectivity index (χ4v) is 4.15. The van der Waals surface area contributed by atoms with Crippen molar-refractivity contribution >= 4 is 24.5 Å². The van der Waals surface area contributed by atoms with Gasteiger partial charge in [0.1, 0.15) is 46.1 Å². The van der Waals surface area contributed by atoms with Crippen LogP contribution >= 0.6 is 7.60 Å². The normalized spacial score (nSPS) is 16.6. The molecule has 0 N–H and O–H groups in total. The van der Waals surface area contributed by atoms with E-state index in [1.807, 2.05) is 0 Å². The molecule has 176 valence electrons. The number of rotatable bonds is 5. The van der Waals surface area contributed by atoms with Crippen LogP contribution in [0.3, 0.4) is 0 Å². The molecule has 1 aliphatic rings. The van der Waals surface area contributed by atoms with Crippen molar-refractivity contribution in [2.45, 2.75) is 19.4 Å². The predicted molar refractivity (Wildman–Crippen MR) is 112 cm³/mol. The van der Waals surface area contributed by atoms with Gasteiger partial charge >= 0.3 is 29.6 Å². The number of carbonyl (C=O) groups is 1. The number of ether oxygens (including phenoxy) is 2. The number of hydrogen-bond acceptors (Lipinski definition) is 7. The molecule has 3 aromatic rings. The second kappa shape index (κ2) is 9.83. The van der Waals surface area contributed by atoms with Gasteiger partial charge in [0.2, 0.25) is 7.60 Å². The van der Waals surface area contributed by atoms with Gasteiger partial charge in [-0.25, -0.2) is 13.8 Å². The number of hydrogen-bond donors (Lipinski definition) is 0. The molecule has 2 heterocycles. The van der Waals surface area contributed by atoms with Crippen LogP contribution in [0.4, 0.5) is 8.78 Å². The Balaban J connectivity index is 0.00000324. The first kappa shape index (κ1) is 26.4. The molecule has 0 saturated carbocycles. The maximum Gasteiger partial charge on any atom is 1.00 e. The average Bonchev–Trinajstić information content (AvgIpc) is 3.01. The number of amides is 1. The van der Waals surface area contributed by atoms with Crippen molar-refractivity contribution in [2.75, 3.05) is 27.4 Å². The third-order valence-corrected chi connectivity index (χ3v) is 5.47. The number of halogens is 2. The summed E-state index contributed by atoms with van der Waals surface area (Å²) in [5.41, 5.74) is 0.618. The molecule has 1 aromatic heterocycles. The molecule has 2 unspecified atom stereocenters. The van der Waals surface area contributed by atoms with Crippen LogP contribution in [0.1, 0.15) is 34.3 Å². The quantitative estimate of drug-likeness (QED) is 0.352. The smallest absolute Gasteiger partial charge is 0.767 e. The average molecular weight is 503 g/mol. The summed E-state index contributed by atoms with van der Waals surface area (Å²) < 4.78 is 57.6. The summed E-state index contributed by atoms with van der Waals surface area (Å²) in [6, 6.07) is 4.70. The largest absolute Gasteiger partial charge is 1.00 e. The van der Waals surface area contributed by atoms with Gasteiger partial charge in [-0.3, -0.25) is 9.36 Å².